The highest BCUT2D eigenvalue weighted by Gasteiger charge is 2.16. The fraction of sp³-hybridized carbons (Fsp3) is 0.300. The number of aromatic nitrogens is 1. The van der Waals surface area contributed by atoms with Crippen molar-refractivity contribution in [1.29, 1.82) is 0 Å². The average Bonchev–Trinajstić information content (AvgIpc) is 3.07. The summed E-state index contributed by atoms with van der Waals surface area (Å²) in [7, 11) is 4.92. The van der Waals surface area contributed by atoms with E-state index >= 15 is 0 Å². The Hall–Kier alpha value is -2.66. The Bertz CT molecular complexity index is 842. The lowest BCUT2D eigenvalue weighted by Gasteiger charge is -2.15. The first-order valence-electron chi connectivity index (χ1n) is 8.43. The molecule has 5 nitrogen and oxygen atoms in total. The van der Waals surface area contributed by atoms with Crippen LogP contribution >= 0.6 is 0 Å². The minimum atomic E-state index is 0.646. The minimum absolute atomic E-state index is 0.646. The Kier molecular flexibility index (Phi) is 5.46. The van der Waals surface area contributed by atoms with Crippen molar-refractivity contribution in [2.75, 3.05) is 27.9 Å². The van der Waals surface area contributed by atoms with Crippen molar-refractivity contribution in [2.45, 2.75) is 13.0 Å². The van der Waals surface area contributed by atoms with Gasteiger partial charge in [-0.1, -0.05) is 18.2 Å². The highest BCUT2D eigenvalue weighted by molar-refractivity contribution is 5.83. The molecule has 25 heavy (non-hydrogen) atoms. The molecule has 1 heterocycles. The maximum absolute atomic E-state index is 5.54. The molecule has 0 fully saturated rings. The molecule has 0 spiro atoms. The van der Waals surface area contributed by atoms with Crippen LogP contribution in [0.5, 0.6) is 17.2 Å². The molecule has 0 unspecified atom stereocenters. The number of H-pyrrole nitrogens is 1. The number of ether oxygens (including phenoxy) is 3. The van der Waals surface area contributed by atoms with Gasteiger partial charge in [-0.05, 0) is 23.8 Å². The summed E-state index contributed by atoms with van der Waals surface area (Å²) >= 11 is 0. The van der Waals surface area contributed by atoms with Gasteiger partial charge in [0.05, 0.1) is 33.4 Å². The van der Waals surface area contributed by atoms with Crippen LogP contribution in [0.2, 0.25) is 0 Å². The van der Waals surface area contributed by atoms with Gasteiger partial charge in [0.25, 0.3) is 0 Å². The second-order valence-corrected chi connectivity index (χ2v) is 5.88. The number of nitrogens with one attached hydrogen (secondary N) is 1. The zero-order chi connectivity index (χ0) is 17.6. The molecule has 0 bridgehead atoms. The first-order valence-corrected chi connectivity index (χ1v) is 8.43. The molecule has 3 aromatic rings. The van der Waals surface area contributed by atoms with Crippen molar-refractivity contribution in [1.82, 2.24) is 4.98 Å². The maximum Gasteiger partial charge on any atom is 0.203 e. The van der Waals surface area contributed by atoms with Crippen molar-refractivity contribution in [2.24, 2.45) is 0 Å². The van der Waals surface area contributed by atoms with E-state index in [1.165, 1.54) is 16.5 Å². The summed E-state index contributed by atoms with van der Waals surface area (Å²) in [5.74, 6) is 2.07. The van der Waals surface area contributed by atoms with Gasteiger partial charge in [-0.15, -0.1) is 0 Å². The fourth-order valence-electron chi connectivity index (χ4n) is 3.18. The molecule has 0 saturated heterocycles. The lowest BCUT2D eigenvalue weighted by atomic mass is 10.1. The highest BCUT2D eigenvalue weighted by atomic mass is 16.5. The van der Waals surface area contributed by atoms with Crippen LogP contribution in [0.3, 0.4) is 0 Å². The normalized spacial score (nSPS) is 10.8. The van der Waals surface area contributed by atoms with E-state index < -0.39 is 0 Å². The van der Waals surface area contributed by atoms with Crippen molar-refractivity contribution < 1.29 is 19.5 Å². The molecule has 0 aliphatic heterocycles. The van der Waals surface area contributed by atoms with Crippen LogP contribution in [-0.2, 0) is 13.0 Å². The second-order valence-electron chi connectivity index (χ2n) is 5.88. The molecule has 0 saturated carbocycles. The van der Waals surface area contributed by atoms with E-state index in [4.69, 9.17) is 14.2 Å². The number of hydrogen-bond donors (Lipinski definition) is 2. The molecule has 3 N–H and O–H groups in total. The Balaban J connectivity index is 1.64. The molecule has 0 atom stereocenters. The van der Waals surface area contributed by atoms with E-state index in [0.717, 1.165) is 30.8 Å². The summed E-state index contributed by atoms with van der Waals surface area (Å²) in [4.78, 5) is 3.33. The van der Waals surface area contributed by atoms with Crippen LogP contribution < -0.4 is 19.5 Å². The number of quaternary nitrogens is 1. The molecule has 0 aliphatic rings. The summed E-state index contributed by atoms with van der Waals surface area (Å²) < 4.78 is 16.3. The van der Waals surface area contributed by atoms with E-state index in [0.29, 0.717) is 11.5 Å². The van der Waals surface area contributed by atoms with Crippen LogP contribution in [0.1, 0.15) is 11.1 Å². The zero-order valence-corrected chi connectivity index (χ0v) is 15.0. The monoisotopic (exact) mass is 341 g/mol. The standard InChI is InChI=1S/C20H24N2O3/c1-23-18-9-8-15(19(24-2)20(18)25-3)12-21-11-10-14-13-22-17-7-5-4-6-16(14)17/h4-9,13,21-22H,10-12H2,1-3H3/p+1. The van der Waals surface area contributed by atoms with E-state index in [9.17, 15) is 0 Å². The quantitative estimate of drug-likeness (QED) is 0.619. The summed E-state index contributed by atoms with van der Waals surface area (Å²) in [5, 5.41) is 3.59. The van der Waals surface area contributed by atoms with Gasteiger partial charge < -0.3 is 24.5 Å². The van der Waals surface area contributed by atoms with Gasteiger partial charge in [-0.3, -0.25) is 0 Å². The molecule has 0 amide bonds. The van der Waals surface area contributed by atoms with Gasteiger partial charge >= 0.3 is 0 Å². The predicted octanol–water partition coefficient (Wildman–Crippen LogP) is 2.50. The largest absolute Gasteiger partial charge is 0.493 e. The number of nitrogens with two attached hydrogens (primary N) is 1. The van der Waals surface area contributed by atoms with Gasteiger partial charge in [0, 0.05) is 23.5 Å². The average molecular weight is 341 g/mol. The Morgan fingerprint density at radius 3 is 2.44 bits per heavy atom. The molecule has 1 aromatic heterocycles. The third-order valence-corrected chi connectivity index (χ3v) is 4.44. The SMILES string of the molecule is COc1ccc(C[NH2+]CCc2c[nH]c3ccccc23)c(OC)c1OC. The van der Waals surface area contributed by atoms with Crippen molar-refractivity contribution in [3.63, 3.8) is 0 Å². The second kappa shape index (κ2) is 7.94. The van der Waals surface area contributed by atoms with Crippen LogP contribution in [0.4, 0.5) is 0 Å². The molecule has 0 aliphatic carbocycles. The minimum Gasteiger partial charge on any atom is -0.493 e. The van der Waals surface area contributed by atoms with Gasteiger partial charge in [0.1, 0.15) is 6.54 Å². The van der Waals surface area contributed by atoms with Crippen LogP contribution in [-0.4, -0.2) is 32.9 Å². The van der Waals surface area contributed by atoms with Crippen molar-refractivity contribution in [3.05, 3.63) is 53.7 Å². The summed E-state index contributed by atoms with van der Waals surface area (Å²) in [5.41, 5.74) is 3.64. The topological polar surface area (TPSA) is 60.1 Å². The number of para-hydroxylation sites is 1. The molecular formula is C20H25N2O3+. The third-order valence-electron chi connectivity index (χ3n) is 4.44. The Labute approximate surface area is 147 Å². The molecule has 5 heteroatoms. The Morgan fingerprint density at radius 2 is 1.68 bits per heavy atom. The summed E-state index contributed by atoms with van der Waals surface area (Å²) in [6, 6.07) is 12.4. The number of rotatable bonds is 8. The number of benzene rings is 2. The van der Waals surface area contributed by atoms with Gasteiger partial charge in [-0.25, -0.2) is 0 Å². The number of methoxy groups -OCH3 is 3. The van der Waals surface area contributed by atoms with Gasteiger partial charge in [0.15, 0.2) is 11.5 Å². The van der Waals surface area contributed by atoms with Crippen LogP contribution in [0, 0.1) is 0 Å². The summed E-state index contributed by atoms with van der Waals surface area (Å²) in [6.45, 7) is 1.82. The first-order chi connectivity index (χ1) is 12.3. The molecular weight excluding hydrogens is 316 g/mol. The number of hydrogen-bond acceptors (Lipinski definition) is 3. The molecule has 3 rings (SSSR count). The fourth-order valence-corrected chi connectivity index (χ4v) is 3.18. The molecule has 0 radical (unpaired) electrons. The lowest BCUT2D eigenvalue weighted by molar-refractivity contribution is -0.670. The number of fused-ring (bicyclic) bond motifs is 1. The van der Waals surface area contributed by atoms with Crippen molar-refractivity contribution in [3.8, 4) is 17.2 Å². The first kappa shape index (κ1) is 17.2. The maximum atomic E-state index is 5.54. The molecule has 2 aromatic carbocycles. The summed E-state index contributed by atoms with van der Waals surface area (Å²) in [6.07, 6.45) is 3.12. The number of aromatic amines is 1. The van der Waals surface area contributed by atoms with E-state index in [-0.39, 0.29) is 0 Å². The highest BCUT2D eigenvalue weighted by Crippen LogP contribution is 2.39. The Morgan fingerprint density at radius 1 is 0.880 bits per heavy atom. The van der Waals surface area contributed by atoms with Gasteiger partial charge in [0.2, 0.25) is 5.75 Å². The predicted molar refractivity (Wildman–Crippen MR) is 98.6 cm³/mol. The van der Waals surface area contributed by atoms with Crippen molar-refractivity contribution >= 4 is 10.9 Å². The van der Waals surface area contributed by atoms with Crippen LogP contribution in [0.15, 0.2) is 42.6 Å². The zero-order valence-electron chi connectivity index (χ0n) is 15.0. The van der Waals surface area contributed by atoms with E-state index in [2.05, 4.69) is 40.8 Å². The van der Waals surface area contributed by atoms with Gasteiger partial charge in [-0.2, -0.15) is 0 Å². The van der Waals surface area contributed by atoms with E-state index in [1.54, 1.807) is 21.3 Å². The lowest BCUT2D eigenvalue weighted by Crippen LogP contribution is -2.83. The molecule has 132 valence electrons. The smallest absolute Gasteiger partial charge is 0.203 e. The van der Waals surface area contributed by atoms with E-state index in [1.807, 2.05) is 12.1 Å². The third kappa shape index (κ3) is 3.56. The van der Waals surface area contributed by atoms with Crippen LogP contribution in [0.25, 0.3) is 10.9 Å².